The molecule has 0 fully saturated rings. The fourth-order valence-electron chi connectivity index (χ4n) is 1.86. The number of hydrogen-bond donors (Lipinski definition) is 2. The van der Waals surface area contributed by atoms with Crippen LogP contribution in [-0.4, -0.2) is 22.1 Å². The summed E-state index contributed by atoms with van der Waals surface area (Å²) in [5, 5.41) is 19.6. The maximum Gasteiger partial charge on any atom is 0.200 e. The molecular formula is C16H16O4. The summed E-state index contributed by atoms with van der Waals surface area (Å²) < 4.78 is 5.44. The van der Waals surface area contributed by atoms with Crippen molar-refractivity contribution in [2.45, 2.75) is 20.0 Å². The summed E-state index contributed by atoms with van der Waals surface area (Å²) in [4.78, 5) is 12.3. The molecule has 0 radical (unpaired) electrons. The third-order valence-corrected chi connectivity index (χ3v) is 2.73. The van der Waals surface area contributed by atoms with Crippen LogP contribution in [0.15, 0.2) is 42.5 Å². The summed E-state index contributed by atoms with van der Waals surface area (Å²) >= 11 is 0. The SMILES string of the molecule is CC(C)Oc1ccc(C(=O)c2ccccc2O)c(O)c1. The second-order valence-corrected chi connectivity index (χ2v) is 4.69. The van der Waals surface area contributed by atoms with Gasteiger partial charge < -0.3 is 14.9 Å². The molecule has 0 atom stereocenters. The van der Waals surface area contributed by atoms with Crippen molar-refractivity contribution in [2.24, 2.45) is 0 Å². The van der Waals surface area contributed by atoms with Crippen LogP contribution in [0.1, 0.15) is 29.8 Å². The molecule has 2 N–H and O–H groups in total. The Morgan fingerprint density at radius 1 is 1.00 bits per heavy atom. The van der Waals surface area contributed by atoms with Gasteiger partial charge in [-0.05, 0) is 38.1 Å². The number of hydrogen-bond acceptors (Lipinski definition) is 4. The first-order valence-electron chi connectivity index (χ1n) is 6.31. The lowest BCUT2D eigenvalue weighted by atomic mass is 10.0. The highest BCUT2D eigenvalue weighted by molar-refractivity contribution is 6.12. The molecule has 0 heterocycles. The van der Waals surface area contributed by atoms with Gasteiger partial charge in [-0.15, -0.1) is 0 Å². The summed E-state index contributed by atoms with van der Waals surface area (Å²) in [5.74, 6) is -0.223. The van der Waals surface area contributed by atoms with Crippen LogP contribution in [0.3, 0.4) is 0 Å². The number of benzene rings is 2. The zero-order valence-electron chi connectivity index (χ0n) is 11.3. The molecule has 4 heteroatoms. The van der Waals surface area contributed by atoms with Crippen LogP contribution >= 0.6 is 0 Å². The van der Waals surface area contributed by atoms with Gasteiger partial charge in [0.05, 0.1) is 17.2 Å². The Labute approximate surface area is 117 Å². The Hall–Kier alpha value is -2.49. The van der Waals surface area contributed by atoms with Crippen molar-refractivity contribution in [2.75, 3.05) is 0 Å². The highest BCUT2D eigenvalue weighted by atomic mass is 16.5. The smallest absolute Gasteiger partial charge is 0.200 e. The Morgan fingerprint density at radius 3 is 2.25 bits per heavy atom. The van der Waals surface area contributed by atoms with Gasteiger partial charge in [-0.1, -0.05) is 12.1 Å². The van der Waals surface area contributed by atoms with Crippen LogP contribution in [-0.2, 0) is 0 Å². The summed E-state index contributed by atoms with van der Waals surface area (Å²) in [5.41, 5.74) is 0.280. The third kappa shape index (κ3) is 2.91. The third-order valence-electron chi connectivity index (χ3n) is 2.73. The monoisotopic (exact) mass is 272 g/mol. The second-order valence-electron chi connectivity index (χ2n) is 4.69. The predicted octanol–water partition coefficient (Wildman–Crippen LogP) is 3.12. The summed E-state index contributed by atoms with van der Waals surface area (Å²) in [7, 11) is 0. The molecule has 0 aliphatic carbocycles. The highest BCUT2D eigenvalue weighted by Crippen LogP contribution is 2.28. The van der Waals surface area contributed by atoms with Crippen LogP contribution in [0.4, 0.5) is 0 Å². The fraction of sp³-hybridized carbons (Fsp3) is 0.188. The minimum atomic E-state index is -0.434. The van der Waals surface area contributed by atoms with Crippen molar-refractivity contribution in [3.63, 3.8) is 0 Å². The summed E-state index contributed by atoms with van der Waals surface area (Å²) in [6.45, 7) is 3.75. The number of phenols is 2. The average Bonchev–Trinajstić information content (AvgIpc) is 2.38. The number of rotatable bonds is 4. The molecule has 20 heavy (non-hydrogen) atoms. The fourth-order valence-corrected chi connectivity index (χ4v) is 1.86. The molecule has 2 rings (SSSR count). The molecule has 2 aromatic rings. The van der Waals surface area contributed by atoms with Crippen LogP contribution in [0.5, 0.6) is 17.2 Å². The van der Waals surface area contributed by atoms with E-state index < -0.39 is 5.78 Å². The largest absolute Gasteiger partial charge is 0.507 e. The van der Waals surface area contributed by atoms with Crippen molar-refractivity contribution in [3.8, 4) is 17.2 Å². The van der Waals surface area contributed by atoms with E-state index in [9.17, 15) is 15.0 Å². The van der Waals surface area contributed by atoms with Crippen molar-refractivity contribution in [1.82, 2.24) is 0 Å². The molecule has 0 aliphatic rings. The number of ether oxygens (including phenoxy) is 1. The molecule has 0 spiro atoms. The van der Waals surface area contributed by atoms with E-state index in [0.29, 0.717) is 5.75 Å². The lowest BCUT2D eigenvalue weighted by Crippen LogP contribution is -2.06. The maximum atomic E-state index is 12.3. The summed E-state index contributed by atoms with van der Waals surface area (Å²) in [6.07, 6.45) is -0.0193. The Balaban J connectivity index is 2.34. The molecule has 0 aliphatic heterocycles. The van der Waals surface area contributed by atoms with Crippen LogP contribution in [0.2, 0.25) is 0 Å². The molecule has 104 valence electrons. The number of aromatic hydroxyl groups is 2. The molecule has 0 aromatic heterocycles. The minimum absolute atomic E-state index is 0.0193. The van der Waals surface area contributed by atoms with Gasteiger partial charge in [0.1, 0.15) is 17.2 Å². The van der Waals surface area contributed by atoms with Crippen LogP contribution in [0, 0.1) is 0 Å². The van der Waals surface area contributed by atoms with Crippen molar-refractivity contribution in [3.05, 3.63) is 53.6 Å². The quantitative estimate of drug-likeness (QED) is 0.839. The number of ketones is 1. The van der Waals surface area contributed by atoms with Gasteiger partial charge >= 0.3 is 0 Å². The van der Waals surface area contributed by atoms with E-state index in [0.717, 1.165) is 0 Å². The molecule has 0 bridgehead atoms. The normalized spacial score (nSPS) is 10.6. The topological polar surface area (TPSA) is 66.8 Å². The lowest BCUT2D eigenvalue weighted by Gasteiger charge is -2.11. The molecular weight excluding hydrogens is 256 g/mol. The minimum Gasteiger partial charge on any atom is -0.507 e. The number of phenolic OH excluding ortho intramolecular Hbond substituents is 2. The van der Waals surface area contributed by atoms with Gasteiger partial charge in [0.2, 0.25) is 0 Å². The lowest BCUT2D eigenvalue weighted by molar-refractivity contribution is 0.103. The predicted molar refractivity (Wildman–Crippen MR) is 75.4 cm³/mol. The first-order valence-corrected chi connectivity index (χ1v) is 6.31. The van der Waals surface area contributed by atoms with Gasteiger partial charge in [0, 0.05) is 6.07 Å². The van der Waals surface area contributed by atoms with Crippen molar-refractivity contribution in [1.29, 1.82) is 0 Å². The van der Waals surface area contributed by atoms with E-state index in [-0.39, 0.29) is 28.7 Å². The number of para-hydroxylation sites is 1. The standard InChI is InChI=1S/C16H16O4/c1-10(2)20-11-7-8-13(15(18)9-11)16(19)12-5-3-4-6-14(12)17/h3-10,17-18H,1-2H3. The van der Waals surface area contributed by atoms with E-state index in [4.69, 9.17) is 4.74 Å². The maximum absolute atomic E-state index is 12.3. The first kappa shape index (κ1) is 13.9. The number of carbonyl (C=O) groups is 1. The Kier molecular flexibility index (Phi) is 3.94. The molecule has 4 nitrogen and oxygen atoms in total. The van der Waals surface area contributed by atoms with Crippen molar-refractivity contribution < 1.29 is 19.7 Å². The van der Waals surface area contributed by atoms with Gasteiger partial charge in [-0.3, -0.25) is 4.79 Å². The van der Waals surface area contributed by atoms with Crippen molar-refractivity contribution >= 4 is 5.78 Å². The Morgan fingerprint density at radius 2 is 1.65 bits per heavy atom. The van der Waals surface area contributed by atoms with E-state index in [1.807, 2.05) is 13.8 Å². The summed E-state index contributed by atoms with van der Waals surface area (Å²) in [6, 6.07) is 10.7. The zero-order chi connectivity index (χ0) is 14.7. The van der Waals surface area contributed by atoms with E-state index >= 15 is 0 Å². The second kappa shape index (κ2) is 5.65. The van der Waals surface area contributed by atoms with Crippen LogP contribution < -0.4 is 4.74 Å². The molecule has 2 aromatic carbocycles. The molecule has 0 saturated carbocycles. The van der Waals surface area contributed by atoms with Gasteiger partial charge in [0.25, 0.3) is 0 Å². The van der Waals surface area contributed by atoms with Crippen LogP contribution in [0.25, 0.3) is 0 Å². The van der Waals surface area contributed by atoms with Gasteiger partial charge in [-0.2, -0.15) is 0 Å². The highest BCUT2D eigenvalue weighted by Gasteiger charge is 2.17. The molecule has 0 amide bonds. The number of carbonyl (C=O) groups excluding carboxylic acids is 1. The zero-order valence-corrected chi connectivity index (χ0v) is 11.3. The molecule has 0 saturated heterocycles. The average molecular weight is 272 g/mol. The molecule has 0 unspecified atom stereocenters. The van der Waals surface area contributed by atoms with Gasteiger partial charge in [-0.25, -0.2) is 0 Å². The van der Waals surface area contributed by atoms with Gasteiger partial charge in [0.15, 0.2) is 5.78 Å². The van der Waals surface area contributed by atoms with E-state index in [2.05, 4.69) is 0 Å². The first-order chi connectivity index (χ1) is 9.49. The van der Waals surface area contributed by atoms with E-state index in [1.165, 1.54) is 24.3 Å². The van der Waals surface area contributed by atoms with E-state index in [1.54, 1.807) is 18.2 Å². The Bertz CT molecular complexity index is 632.